The minimum absolute atomic E-state index is 0.238. The Bertz CT molecular complexity index is 373. The van der Waals surface area contributed by atoms with Gasteiger partial charge in [0, 0.05) is 13.0 Å². The smallest absolute Gasteiger partial charge is 0.435 e. The van der Waals surface area contributed by atoms with Crippen LogP contribution in [0.3, 0.4) is 0 Å². The lowest BCUT2D eigenvalue weighted by molar-refractivity contribution is -0.129. The quantitative estimate of drug-likeness (QED) is 0.565. The molecule has 0 aliphatic carbocycles. The monoisotopic (exact) mass is 257 g/mol. The van der Waals surface area contributed by atoms with Gasteiger partial charge in [0.15, 0.2) is 0 Å². The fraction of sp³-hybridized carbons (Fsp3) is 0.700. The van der Waals surface area contributed by atoms with E-state index in [0.29, 0.717) is 13.0 Å². The summed E-state index contributed by atoms with van der Waals surface area (Å²) in [6, 6.07) is -0.515. The number of rotatable bonds is 2. The Balaban J connectivity index is 1.91. The third kappa shape index (κ3) is 2.70. The van der Waals surface area contributed by atoms with Crippen LogP contribution in [0.5, 0.6) is 0 Å². The molecule has 8 heteroatoms. The van der Waals surface area contributed by atoms with E-state index < -0.39 is 30.4 Å². The van der Waals surface area contributed by atoms with Crippen LogP contribution in [-0.2, 0) is 14.3 Å². The summed E-state index contributed by atoms with van der Waals surface area (Å²) in [6.45, 7) is 2.29. The average molecular weight is 257 g/mol. The van der Waals surface area contributed by atoms with Crippen LogP contribution >= 0.6 is 0 Å². The maximum absolute atomic E-state index is 11.6. The molecule has 100 valence electrons. The van der Waals surface area contributed by atoms with Crippen LogP contribution in [0.15, 0.2) is 0 Å². The molecule has 0 bridgehead atoms. The average Bonchev–Trinajstić information content (AvgIpc) is 2.30. The summed E-state index contributed by atoms with van der Waals surface area (Å²) in [7, 11) is 0. The molecule has 2 fully saturated rings. The first kappa shape index (κ1) is 12.6. The molecular weight excluding hydrogens is 242 g/mol. The molecule has 2 heterocycles. The molecule has 0 aromatic rings. The van der Waals surface area contributed by atoms with Crippen LogP contribution in [0.4, 0.5) is 9.59 Å². The Morgan fingerprint density at radius 1 is 1.44 bits per heavy atom. The summed E-state index contributed by atoms with van der Waals surface area (Å²) >= 11 is 0. The number of piperidine rings is 1. The number of hydrogen-bond donors (Lipinski definition) is 3. The van der Waals surface area contributed by atoms with E-state index in [1.54, 1.807) is 6.92 Å². The summed E-state index contributed by atoms with van der Waals surface area (Å²) < 4.78 is 9.70. The highest BCUT2D eigenvalue weighted by molar-refractivity contribution is 5.98. The molecule has 3 unspecified atom stereocenters. The Hall–Kier alpha value is -1.83. The predicted octanol–water partition coefficient (Wildman–Crippen LogP) is -0.697. The first-order valence-corrected chi connectivity index (χ1v) is 5.78. The summed E-state index contributed by atoms with van der Waals surface area (Å²) in [5.74, 6) is -0.815. The standard InChI is InChI=1S/C10H15N3O5/c1-2-17-10(16)18-5-3-6-7(11-4-5)12-9(15)13-8(6)14/h5-7,11H,2-4H2,1H3,(H2,12,13,14,15). The van der Waals surface area contributed by atoms with Crippen molar-refractivity contribution in [3.8, 4) is 0 Å². The van der Waals surface area contributed by atoms with E-state index in [4.69, 9.17) is 4.74 Å². The highest BCUT2D eigenvalue weighted by Gasteiger charge is 2.41. The van der Waals surface area contributed by atoms with E-state index in [-0.39, 0.29) is 12.5 Å². The number of fused-ring (bicyclic) bond motifs is 1. The molecule has 0 aromatic carbocycles. The Labute approximate surface area is 103 Å². The van der Waals surface area contributed by atoms with Crippen LogP contribution in [0, 0.1) is 5.92 Å². The van der Waals surface area contributed by atoms with Gasteiger partial charge in [-0.2, -0.15) is 0 Å². The highest BCUT2D eigenvalue weighted by atomic mass is 16.7. The Kier molecular flexibility index (Phi) is 3.66. The number of hydrogen-bond acceptors (Lipinski definition) is 6. The van der Waals surface area contributed by atoms with E-state index in [0.717, 1.165) is 0 Å². The van der Waals surface area contributed by atoms with Gasteiger partial charge in [-0.25, -0.2) is 9.59 Å². The molecule has 0 radical (unpaired) electrons. The number of carbonyl (C=O) groups is 3. The van der Waals surface area contributed by atoms with Crippen LogP contribution in [0.1, 0.15) is 13.3 Å². The maximum Gasteiger partial charge on any atom is 0.508 e. The molecule has 0 saturated carbocycles. The van der Waals surface area contributed by atoms with Crippen molar-refractivity contribution in [2.45, 2.75) is 25.6 Å². The summed E-state index contributed by atoms with van der Waals surface area (Å²) in [6.07, 6.45) is -1.25. The third-order valence-corrected chi connectivity index (χ3v) is 2.87. The number of carbonyl (C=O) groups excluding carboxylic acids is 3. The van der Waals surface area contributed by atoms with Gasteiger partial charge < -0.3 is 14.8 Å². The maximum atomic E-state index is 11.6. The van der Waals surface area contributed by atoms with Crippen LogP contribution < -0.4 is 16.0 Å². The topological polar surface area (TPSA) is 106 Å². The lowest BCUT2D eigenvalue weighted by Crippen LogP contribution is -2.67. The van der Waals surface area contributed by atoms with Crippen molar-refractivity contribution in [2.75, 3.05) is 13.2 Å². The summed E-state index contributed by atoms with van der Waals surface area (Å²) in [5, 5.41) is 7.72. The molecule has 2 rings (SSSR count). The fourth-order valence-corrected chi connectivity index (χ4v) is 2.07. The molecule has 18 heavy (non-hydrogen) atoms. The van der Waals surface area contributed by atoms with Crippen molar-refractivity contribution in [3.05, 3.63) is 0 Å². The number of amides is 3. The van der Waals surface area contributed by atoms with Gasteiger partial charge in [0.1, 0.15) is 6.10 Å². The van der Waals surface area contributed by atoms with Crippen molar-refractivity contribution >= 4 is 18.1 Å². The van der Waals surface area contributed by atoms with E-state index >= 15 is 0 Å². The predicted molar refractivity (Wildman–Crippen MR) is 58.5 cm³/mol. The van der Waals surface area contributed by atoms with Crippen LogP contribution in [0.2, 0.25) is 0 Å². The van der Waals surface area contributed by atoms with E-state index in [1.807, 2.05) is 0 Å². The van der Waals surface area contributed by atoms with Crippen molar-refractivity contribution in [3.63, 3.8) is 0 Å². The summed E-state index contributed by atoms with van der Waals surface area (Å²) in [4.78, 5) is 33.9. The Morgan fingerprint density at radius 2 is 2.22 bits per heavy atom. The summed E-state index contributed by atoms with van der Waals surface area (Å²) in [5.41, 5.74) is 0. The first-order chi connectivity index (χ1) is 8.60. The van der Waals surface area contributed by atoms with Gasteiger partial charge >= 0.3 is 12.2 Å². The normalized spacial score (nSPS) is 30.8. The molecule has 2 aliphatic heterocycles. The van der Waals surface area contributed by atoms with E-state index in [1.165, 1.54) is 0 Å². The highest BCUT2D eigenvalue weighted by Crippen LogP contribution is 2.20. The largest absolute Gasteiger partial charge is 0.508 e. The van der Waals surface area contributed by atoms with Gasteiger partial charge in [-0.15, -0.1) is 0 Å². The molecule has 0 aromatic heterocycles. The molecule has 3 atom stereocenters. The van der Waals surface area contributed by atoms with Crippen molar-refractivity contribution < 1.29 is 23.9 Å². The second-order valence-corrected chi connectivity index (χ2v) is 4.11. The minimum atomic E-state index is -0.747. The van der Waals surface area contributed by atoms with E-state index in [9.17, 15) is 14.4 Å². The Morgan fingerprint density at radius 3 is 2.94 bits per heavy atom. The van der Waals surface area contributed by atoms with Gasteiger partial charge in [-0.1, -0.05) is 0 Å². The zero-order chi connectivity index (χ0) is 13.1. The van der Waals surface area contributed by atoms with Gasteiger partial charge in [-0.3, -0.25) is 15.4 Å². The van der Waals surface area contributed by atoms with Crippen molar-refractivity contribution in [2.24, 2.45) is 5.92 Å². The van der Waals surface area contributed by atoms with Crippen molar-refractivity contribution in [1.29, 1.82) is 0 Å². The zero-order valence-corrected chi connectivity index (χ0v) is 9.89. The van der Waals surface area contributed by atoms with Crippen LogP contribution in [0.25, 0.3) is 0 Å². The molecule has 2 aliphatic rings. The molecule has 0 spiro atoms. The zero-order valence-electron chi connectivity index (χ0n) is 9.89. The number of imide groups is 1. The SMILES string of the molecule is CCOC(=O)OC1CNC2NC(=O)NC(=O)C2C1. The van der Waals surface area contributed by atoms with Crippen LogP contribution in [-0.4, -0.2) is 43.5 Å². The van der Waals surface area contributed by atoms with Gasteiger partial charge in [0.25, 0.3) is 0 Å². The third-order valence-electron chi connectivity index (χ3n) is 2.87. The molecule has 3 amide bonds. The second kappa shape index (κ2) is 5.21. The number of ether oxygens (including phenoxy) is 2. The lowest BCUT2D eigenvalue weighted by Gasteiger charge is -2.38. The van der Waals surface area contributed by atoms with E-state index in [2.05, 4.69) is 20.7 Å². The number of urea groups is 1. The van der Waals surface area contributed by atoms with Gasteiger partial charge in [0.2, 0.25) is 5.91 Å². The number of nitrogens with one attached hydrogen (secondary N) is 3. The van der Waals surface area contributed by atoms with Gasteiger partial charge in [0.05, 0.1) is 18.7 Å². The van der Waals surface area contributed by atoms with Crippen molar-refractivity contribution in [1.82, 2.24) is 16.0 Å². The second-order valence-electron chi connectivity index (χ2n) is 4.11. The lowest BCUT2D eigenvalue weighted by atomic mass is 9.92. The van der Waals surface area contributed by atoms with Gasteiger partial charge in [-0.05, 0) is 6.92 Å². The first-order valence-electron chi connectivity index (χ1n) is 5.78. The molecule has 8 nitrogen and oxygen atoms in total. The molecule has 2 saturated heterocycles. The minimum Gasteiger partial charge on any atom is -0.435 e. The molecule has 3 N–H and O–H groups in total. The molecular formula is C10H15N3O5. The fourth-order valence-electron chi connectivity index (χ4n) is 2.07.